The Labute approximate surface area is 164 Å². The normalized spacial score (nSPS) is 11.1. The van der Waals surface area contributed by atoms with E-state index >= 15 is 0 Å². The van der Waals surface area contributed by atoms with Crippen molar-refractivity contribution in [1.82, 2.24) is 0 Å². The highest BCUT2D eigenvalue weighted by Gasteiger charge is 2.18. The number of primary sulfonamides is 1. The molecule has 26 heavy (non-hydrogen) atoms. The van der Waals surface area contributed by atoms with E-state index in [1.165, 1.54) is 30.3 Å². The first kappa shape index (κ1) is 20.5. The zero-order chi connectivity index (χ0) is 19.5. The maximum Gasteiger partial charge on any atom is 0.338 e. The molecule has 0 aliphatic heterocycles. The van der Waals surface area contributed by atoms with E-state index in [0.29, 0.717) is 15.7 Å². The smallest absolute Gasteiger partial charge is 0.338 e. The van der Waals surface area contributed by atoms with Crippen LogP contribution < -0.4 is 10.5 Å². The molecule has 0 saturated heterocycles. The Balaban J connectivity index is 2.03. The molecular weight excluding hydrogens is 427 g/mol. The highest BCUT2D eigenvalue weighted by atomic mass is 35.5. The second kappa shape index (κ2) is 8.24. The van der Waals surface area contributed by atoms with E-state index in [9.17, 15) is 18.0 Å². The van der Waals surface area contributed by atoms with Crippen molar-refractivity contribution in [3.05, 3.63) is 57.0 Å². The monoisotopic (exact) mass is 436 g/mol. The fourth-order valence-electron chi connectivity index (χ4n) is 1.89. The van der Waals surface area contributed by atoms with Crippen LogP contribution in [0, 0.1) is 0 Å². The Hall–Kier alpha value is -1.84. The predicted molar refractivity (Wildman–Crippen MR) is 98.2 cm³/mol. The van der Waals surface area contributed by atoms with Gasteiger partial charge in [0.15, 0.2) is 6.61 Å². The molecule has 3 N–H and O–H groups in total. The Morgan fingerprint density at radius 2 is 1.65 bits per heavy atom. The van der Waals surface area contributed by atoms with E-state index in [4.69, 9.17) is 44.7 Å². The molecule has 1 amide bonds. The molecule has 0 heterocycles. The molecule has 0 atom stereocenters. The number of halogens is 3. The summed E-state index contributed by atoms with van der Waals surface area (Å²) in [5.74, 6) is -1.57. The lowest BCUT2D eigenvalue weighted by Gasteiger charge is -2.08. The largest absolute Gasteiger partial charge is 0.452 e. The molecule has 2 rings (SSSR count). The zero-order valence-corrected chi connectivity index (χ0v) is 15.9. The molecule has 0 aliphatic rings. The highest BCUT2D eigenvalue weighted by molar-refractivity contribution is 7.89. The van der Waals surface area contributed by atoms with Gasteiger partial charge in [-0.05, 0) is 36.4 Å². The van der Waals surface area contributed by atoms with Gasteiger partial charge in [-0.3, -0.25) is 4.79 Å². The molecule has 0 fully saturated rings. The molecular formula is C15H11Cl3N2O5S. The van der Waals surface area contributed by atoms with Crippen LogP contribution >= 0.6 is 34.8 Å². The van der Waals surface area contributed by atoms with E-state index < -0.39 is 33.4 Å². The first-order valence-electron chi connectivity index (χ1n) is 6.81. The fraction of sp³-hybridized carbons (Fsp3) is 0.0667. The third-order valence-electron chi connectivity index (χ3n) is 2.95. The average Bonchev–Trinajstić information content (AvgIpc) is 2.51. The van der Waals surface area contributed by atoms with Gasteiger partial charge in [0.05, 0.1) is 10.6 Å². The molecule has 11 heteroatoms. The SMILES string of the molecule is NS(=O)(=O)c1cc(C(=O)OCC(=O)Nc2cc(Cl)cc(Cl)c2)ccc1Cl. The second-order valence-corrected chi connectivity index (χ2v) is 7.78. The number of carbonyl (C=O) groups is 2. The third kappa shape index (κ3) is 5.58. The van der Waals surface area contributed by atoms with Crippen molar-refractivity contribution in [2.75, 3.05) is 11.9 Å². The molecule has 138 valence electrons. The molecule has 0 aromatic heterocycles. The minimum atomic E-state index is -4.11. The summed E-state index contributed by atoms with van der Waals surface area (Å²) >= 11 is 17.4. The van der Waals surface area contributed by atoms with E-state index in [0.717, 1.165) is 6.07 Å². The summed E-state index contributed by atoms with van der Waals surface area (Å²) < 4.78 is 27.7. The highest BCUT2D eigenvalue weighted by Crippen LogP contribution is 2.23. The first-order valence-corrected chi connectivity index (χ1v) is 9.50. The topological polar surface area (TPSA) is 116 Å². The summed E-state index contributed by atoms with van der Waals surface area (Å²) in [4.78, 5) is 23.4. The van der Waals surface area contributed by atoms with Crippen LogP contribution in [0.3, 0.4) is 0 Å². The molecule has 0 unspecified atom stereocenters. The Morgan fingerprint density at radius 1 is 1.04 bits per heavy atom. The summed E-state index contributed by atoms with van der Waals surface area (Å²) in [6.07, 6.45) is 0. The Kier molecular flexibility index (Phi) is 6.48. The van der Waals surface area contributed by atoms with Gasteiger partial charge in [0.25, 0.3) is 5.91 Å². The minimum absolute atomic E-state index is 0.128. The van der Waals surface area contributed by atoms with Gasteiger partial charge in [-0.1, -0.05) is 34.8 Å². The zero-order valence-electron chi connectivity index (χ0n) is 12.8. The maximum atomic E-state index is 12.0. The number of hydrogen-bond acceptors (Lipinski definition) is 5. The van der Waals surface area contributed by atoms with Crippen molar-refractivity contribution in [3.63, 3.8) is 0 Å². The van der Waals surface area contributed by atoms with Gasteiger partial charge in [0.2, 0.25) is 10.0 Å². The summed E-state index contributed by atoms with van der Waals surface area (Å²) in [5, 5.41) is 7.96. The number of nitrogens with one attached hydrogen (secondary N) is 1. The molecule has 0 aliphatic carbocycles. The number of esters is 1. The van der Waals surface area contributed by atoms with Crippen molar-refractivity contribution in [1.29, 1.82) is 0 Å². The van der Waals surface area contributed by atoms with Crippen molar-refractivity contribution in [3.8, 4) is 0 Å². The van der Waals surface area contributed by atoms with Crippen LogP contribution in [0.4, 0.5) is 5.69 Å². The van der Waals surface area contributed by atoms with Crippen molar-refractivity contribution >= 4 is 62.4 Å². The predicted octanol–water partition coefficient (Wildman–Crippen LogP) is 3.09. The van der Waals surface area contributed by atoms with Crippen molar-refractivity contribution in [2.24, 2.45) is 5.14 Å². The van der Waals surface area contributed by atoms with Gasteiger partial charge in [-0.2, -0.15) is 0 Å². The number of rotatable bonds is 5. The van der Waals surface area contributed by atoms with Crippen molar-refractivity contribution < 1.29 is 22.7 Å². The number of benzene rings is 2. The quantitative estimate of drug-likeness (QED) is 0.697. The summed E-state index contributed by atoms with van der Waals surface area (Å²) in [7, 11) is -4.11. The molecule has 7 nitrogen and oxygen atoms in total. The maximum absolute atomic E-state index is 12.0. The van der Waals surface area contributed by atoms with Crippen LogP contribution in [0.1, 0.15) is 10.4 Å². The van der Waals surface area contributed by atoms with Crippen LogP contribution in [-0.4, -0.2) is 26.9 Å². The minimum Gasteiger partial charge on any atom is -0.452 e. The molecule has 2 aromatic rings. The van der Waals surface area contributed by atoms with Crippen LogP contribution in [0.25, 0.3) is 0 Å². The Bertz CT molecular complexity index is 959. The number of amides is 1. The molecule has 0 radical (unpaired) electrons. The summed E-state index contributed by atoms with van der Waals surface area (Å²) in [5.41, 5.74) is 0.198. The van der Waals surface area contributed by atoms with E-state index in [1.54, 1.807) is 0 Å². The van der Waals surface area contributed by atoms with Crippen LogP contribution in [0.5, 0.6) is 0 Å². The second-order valence-electron chi connectivity index (χ2n) is 4.97. The fourth-order valence-corrected chi connectivity index (χ4v) is 3.48. The number of sulfonamides is 1. The van der Waals surface area contributed by atoms with E-state index in [1.807, 2.05) is 0 Å². The number of nitrogens with two attached hydrogens (primary N) is 1. The number of anilines is 1. The number of hydrogen-bond donors (Lipinski definition) is 2. The van der Waals surface area contributed by atoms with Gasteiger partial charge in [0, 0.05) is 15.7 Å². The summed E-state index contributed by atoms with van der Waals surface area (Å²) in [6.45, 7) is -0.615. The van der Waals surface area contributed by atoms with Gasteiger partial charge in [0.1, 0.15) is 4.90 Å². The number of ether oxygens (including phenoxy) is 1. The Morgan fingerprint density at radius 3 is 2.23 bits per heavy atom. The molecule has 0 saturated carbocycles. The lowest BCUT2D eigenvalue weighted by atomic mass is 10.2. The lowest BCUT2D eigenvalue weighted by Crippen LogP contribution is -2.21. The van der Waals surface area contributed by atoms with E-state index in [-0.39, 0.29) is 10.6 Å². The standard InChI is InChI=1S/C15H11Cl3N2O5S/c16-9-4-10(17)6-11(5-9)20-14(21)7-25-15(22)8-1-2-12(18)13(3-8)26(19,23)24/h1-6H,7H2,(H,20,21)(H2,19,23,24). The third-order valence-corrected chi connectivity index (χ3v) is 4.78. The first-order chi connectivity index (χ1) is 12.1. The van der Waals surface area contributed by atoms with Gasteiger partial charge in [-0.25, -0.2) is 18.4 Å². The van der Waals surface area contributed by atoms with Crippen LogP contribution in [-0.2, 0) is 19.6 Å². The van der Waals surface area contributed by atoms with Crippen molar-refractivity contribution in [2.45, 2.75) is 4.90 Å². The molecule has 0 bridgehead atoms. The van der Waals surface area contributed by atoms with Gasteiger partial charge in [-0.15, -0.1) is 0 Å². The van der Waals surface area contributed by atoms with Crippen LogP contribution in [0.15, 0.2) is 41.3 Å². The van der Waals surface area contributed by atoms with Crippen LogP contribution in [0.2, 0.25) is 15.1 Å². The summed E-state index contributed by atoms with van der Waals surface area (Å²) in [6, 6.07) is 7.81. The van der Waals surface area contributed by atoms with E-state index in [2.05, 4.69) is 5.32 Å². The average molecular weight is 438 g/mol. The molecule has 0 spiro atoms. The lowest BCUT2D eigenvalue weighted by molar-refractivity contribution is -0.119. The van der Waals surface area contributed by atoms with Gasteiger partial charge >= 0.3 is 5.97 Å². The van der Waals surface area contributed by atoms with Gasteiger partial charge < -0.3 is 10.1 Å². The number of carbonyl (C=O) groups excluding carboxylic acids is 2. The molecule has 2 aromatic carbocycles.